The molecule has 0 amide bonds. The molecule has 0 saturated carbocycles. The molecule has 0 heterocycles. The first-order valence-corrected chi connectivity index (χ1v) is 6.15. The van der Waals surface area contributed by atoms with Crippen molar-refractivity contribution in [1.82, 2.24) is 5.32 Å². The van der Waals surface area contributed by atoms with Gasteiger partial charge < -0.3 is 5.11 Å². The number of carbonyl (C=O) groups is 1. The van der Waals surface area contributed by atoms with E-state index in [1.54, 1.807) is 19.1 Å². The summed E-state index contributed by atoms with van der Waals surface area (Å²) in [6, 6.07) is 4.52. The van der Waals surface area contributed by atoms with Crippen molar-refractivity contribution >= 4 is 29.2 Å². The van der Waals surface area contributed by atoms with Crippen molar-refractivity contribution in [3.63, 3.8) is 0 Å². The summed E-state index contributed by atoms with van der Waals surface area (Å²) in [4.78, 5) is 10.8. The fourth-order valence-corrected chi connectivity index (χ4v) is 2.12. The Labute approximate surface area is 111 Å². The van der Waals surface area contributed by atoms with Crippen LogP contribution in [0.5, 0.6) is 0 Å². The zero-order valence-corrected chi connectivity index (χ0v) is 11.2. The lowest BCUT2D eigenvalue weighted by Crippen LogP contribution is -2.36. The smallest absolute Gasteiger partial charge is 0.320 e. The first-order chi connectivity index (χ1) is 7.95. The third kappa shape index (κ3) is 3.87. The molecular formula is C12H15Cl2NO2. The predicted molar refractivity (Wildman–Crippen MR) is 69.7 cm³/mol. The number of carboxylic acid groups (broad SMARTS) is 1. The SMILES string of the molecule is CCC(NC(C)C(=O)O)c1ccc(Cl)cc1Cl. The van der Waals surface area contributed by atoms with Crippen molar-refractivity contribution in [3.05, 3.63) is 33.8 Å². The van der Waals surface area contributed by atoms with Gasteiger partial charge in [0.1, 0.15) is 6.04 Å². The molecule has 0 fully saturated rings. The van der Waals surface area contributed by atoms with Crippen LogP contribution in [-0.4, -0.2) is 17.1 Å². The van der Waals surface area contributed by atoms with Crippen LogP contribution in [0.4, 0.5) is 0 Å². The highest BCUT2D eigenvalue weighted by Crippen LogP contribution is 2.28. The number of carboxylic acids is 1. The Morgan fingerprint density at radius 2 is 2.12 bits per heavy atom. The second-order valence-corrected chi connectivity index (χ2v) is 4.70. The Balaban J connectivity index is 2.90. The second kappa shape index (κ2) is 6.24. The Bertz CT molecular complexity index is 409. The summed E-state index contributed by atoms with van der Waals surface area (Å²) in [5.74, 6) is -0.881. The Morgan fingerprint density at radius 3 is 2.59 bits per heavy atom. The van der Waals surface area contributed by atoms with Gasteiger partial charge in [-0.05, 0) is 31.0 Å². The number of halogens is 2. The fourth-order valence-electron chi connectivity index (χ4n) is 1.58. The molecule has 5 heteroatoms. The van der Waals surface area contributed by atoms with Crippen molar-refractivity contribution < 1.29 is 9.90 Å². The van der Waals surface area contributed by atoms with E-state index in [0.29, 0.717) is 10.0 Å². The molecule has 0 saturated heterocycles. The van der Waals surface area contributed by atoms with E-state index in [2.05, 4.69) is 5.32 Å². The summed E-state index contributed by atoms with van der Waals surface area (Å²) in [6.45, 7) is 3.58. The van der Waals surface area contributed by atoms with Gasteiger partial charge in [0.15, 0.2) is 0 Å². The fraction of sp³-hybridized carbons (Fsp3) is 0.417. The summed E-state index contributed by atoms with van der Waals surface area (Å²) in [6.07, 6.45) is 0.749. The summed E-state index contributed by atoms with van der Waals surface area (Å²) >= 11 is 11.9. The largest absolute Gasteiger partial charge is 0.480 e. The van der Waals surface area contributed by atoms with Crippen LogP contribution in [0, 0.1) is 0 Å². The van der Waals surface area contributed by atoms with Crippen LogP contribution in [0.25, 0.3) is 0 Å². The van der Waals surface area contributed by atoms with Gasteiger partial charge in [0.2, 0.25) is 0 Å². The maximum atomic E-state index is 10.8. The molecule has 0 aliphatic heterocycles. The van der Waals surface area contributed by atoms with Crippen LogP contribution in [-0.2, 0) is 4.79 Å². The first kappa shape index (κ1) is 14.3. The van der Waals surface area contributed by atoms with Gasteiger partial charge in [-0.25, -0.2) is 0 Å². The number of aliphatic carboxylic acids is 1. The number of rotatable bonds is 5. The molecule has 2 atom stereocenters. The average Bonchev–Trinajstić information content (AvgIpc) is 2.26. The zero-order valence-electron chi connectivity index (χ0n) is 9.71. The molecule has 2 unspecified atom stereocenters. The van der Waals surface area contributed by atoms with Crippen LogP contribution in [0.1, 0.15) is 31.9 Å². The highest BCUT2D eigenvalue weighted by Gasteiger charge is 2.18. The lowest BCUT2D eigenvalue weighted by Gasteiger charge is -2.21. The summed E-state index contributed by atoms with van der Waals surface area (Å²) in [5.41, 5.74) is 0.867. The number of hydrogen-bond acceptors (Lipinski definition) is 2. The van der Waals surface area contributed by atoms with E-state index >= 15 is 0 Å². The monoisotopic (exact) mass is 275 g/mol. The standard InChI is InChI=1S/C12H15Cl2NO2/c1-3-11(15-7(2)12(16)17)9-5-4-8(13)6-10(9)14/h4-7,11,15H,3H2,1-2H3,(H,16,17). The van der Waals surface area contributed by atoms with Crippen molar-refractivity contribution in [2.45, 2.75) is 32.4 Å². The zero-order chi connectivity index (χ0) is 13.0. The van der Waals surface area contributed by atoms with Crippen LogP contribution in [0.2, 0.25) is 10.0 Å². The van der Waals surface area contributed by atoms with E-state index in [4.69, 9.17) is 28.3 Å². The minimum atomic E-state index is -0.881. The predicted octanol–water partition coefficient (Wildman–Crippen LogP) is 3.51. The lowest BCUT2D eigenvalue weighted by molar-refractivity contribution is -0.139. The van der Waals surface area contributed by atoms with Gasteiger partial charge in [-0.2, -0.15) is 0 Å². The molecule has 0 radical (unpaired) electrons. The molecule has 0 bridgehead atoms. The van der Waals surface area contributed by atoms with E-state index in [0.717, 1.165) is 12.0 Å². The molecule has 2 N–H and O–H groups in total. The van der Waals surface area contributed by atoms with E-state index in [1.807, 2.05) is 13.0 Å². The van der Waals surface area contributed by atoms with E-state index < -0.39 is 12.0 Å². The van der Waals surface area contributed by atoms with Gasteiger partial charge in [-0.1, -0.05) is 36.2 Å². The van der Waals surface area contributed by atoms with Crippen LogP contribution < -0.4 is 5.32 Å². The third-order valence-corrected chi connectivity index (χ3v) is 3.13. The second-order valence-electron chi connectivity index (χ2n) is 3.85. The van der Waals surface area contributed by atoms with Crippen molar-refractivity contribution in [1.29, 1.82) is 0 Å². The molecule has 0 spiro atoms. The topological polar surface area (TPSA) is 49.3 Å². The number of hydrogen-bond donors (Lipinski definition) is 2. The molecule has 0 aromatic heterocycles. The molecule has 0 aliphatic carbocycles. The molecule has 0 aliphatic rings. The average molecular weight is 276 g/mol. The maximum absolute atomic E-state index is 10.8. The molecule has 1 aromatic carbocycles. The molecule has 17 heavy (non-hydrogen) atoms. The summed E-state index contributed by atoms with van der Waals surface area (Å²) in [7, 11) is 0. The molecule has 1 rings (SSSR count). The van der Waals surface area contributed by atoms with Gasteiger partial charge in [-0.15, -0.1) is 0 Å². The molecule has 1 aromatic rings. The minimum Gasteiger partial charge on any atom is -0.480 e. The number of benzene rings is 1. The van der Waals surface area contributed by atoms with Gasteiger partial charge >= 0.3 is 5.97 Å². The summed E-state index contributed by atoms with van der Waals surface area (Å²) in [5, 5.41) is 13.0. The molecule has 3 nitrogen and oxygen atoms in total. The van der Waals surface area contributed by atoms with Crippen molar-refractivity contribution in [2.24, 2.45) is 0 Å². The normalized spacial score (nSPS) is 14.4. The van der Waals surface area contributed by atoms with Crippen LogP contribution in [0.3, 0.4) is 0 Å². The van der Waals surface area contributed by atoms with E-state index in [-0.39, 0.29) is 6.04 Å². The number of nitrogens with one attached hydrogen (secondary N) is 1. The molecule has 94 valence electrons. The van der Waals surface area contributed by atoms with Gasteiger partial charge in [0, 0.05) is 16.1 Å². The lowest BCUT2D eigenvalue weighted by atomic mass is 10.0. The Hall–Kier alpha value is -0.770. The summed E-state index contributed by atoms with van der Waals surface area (Å²) < 4.78 is 0. The minimum absolute atomic E-state index is 0.0918. The highest BCUT2D eigenvalue weighted by molar-refractivity contribution is 6.35. The van der Waals surface area contributed by atoms with Gasteiger partial charge in [0.05, 0.1) is 0 Å². The Kier molecular flexibility index (Phi) is 5.25. The van der Waals surface area contributed by atoms with Crippen LogP contribution in [0.15, 0.2) is 18.2 Å². The third-order valence-electron chi connectivity index (χ3n) is 2.57. The van der Waals surface area contributed by atoms with Gasteiger partial charge in [-0.3, -0.25) is 10.1 Å². The van der Waals surface area contributed by atoms with Crippen molar-refractivity contribution in [2.75, 3.05) is 0 Å². The van der Waals surface area contributed by atoms with E-state index in [9.17, 15) is 4.79 Å². The maximum Gasteiger partial charge on any atom is 0.320 e. The van der Waals surface area contributed by atoms with Crippen LogP contribution >= 0.6 is 23.2 Å². The van der Waals surface area contributed by atoms with E-state index in [1.165, 1.54) is 0 Å². The highest BCUT2D eigenvalue weighted by atomic mass is 35.5. The quantitative estimate of drug-likeness (QED) is 0.865. The first-order valence-electron chi connectivity index (χ1n) is 5.39. The van der Waals surface area contributed by atoms with Gasteiger partial charge in [0.25, 0.3) is 0 Å². The van der Waals surface area contributed by atoms with Crippen molar-refractivity contribution in [3.8, 4) is 0 Å². The Morgan fingerprint density at radius 1 is 1.47 bits per heavy atom. The molecular weight excluding hydrogens is 261 g/mol.